The van der Waals surface area contributed by atoms with Crippen LogP contribution >= 0.6 is 27.3 Å². The summed E-state index contributed by atoms with van der Waals surface area (Å²) >= 11 is 5.09. The van der Waals surface area contributed by atoms with Crippen molar-refractivity contribution < 1.29 is 4.74 Å². The monoisotopic (exact) mass is 424 g/mol. The van der Waals surface area contributed by atoms with Crippen LogP contribution in [0.25, 0.3) is 0 Å². The van der Waals surface area contributed by atoms with Crippen LogP contribution < -0.4 is 5.32 Å². The highest BCUT2D eigenvalue weighted by atomic mass is 79.9. The van der Waals surface area contributed by atoms with E-state index < -0.39 is 0 Å². The summed E-state index contributed by atoms with van der Waals surface area (Å²) in [6.07, 6.45) is 0.0309. The highest BCUT2D eigenvalue weighted by molar-refractivity contribution is 9.10. The minimum absolute atomic E-state index is 0.0309. The number of aromatic nitrogens is 1. The Morgan fingerprint density at radius 1 is 1.40 bits per heavy atom. The van der Waals surface area contributed by atoms with Crippen LogP contribution in [0.4, 0.5) is 0 Å². The molecular formula is C18H25BrN4OS. The van der Waals surface area contributed by atoms with Gasteiger partial charge in [0.15, 0.2) is 5.96 Å². The lowest BCUT2D eigenvalue weighted by Gasteiger charge is -2.21. The zero-order chi connectivity index (χ0) is 18.2. The minimum Gasteiger partial charge on any atom is -0.375 e. The summed E-state index contributed by atoms with van der Waals surface area (Å²) in [6, 6.07) is 8.23. The maximum atomic E-state index is 5.33. The average molecular weight is 425 g/mol. The Balaban J connectivity index is 2.03. The van der Waals surface area contributed by atoms with Gasteiger partial charge in [-0.05, 0) is 31.5 Å². The molecule has 1 aromatic heterocycles. The predicted molar refractivity (Wildman–Crippen MR) is 108 cm³/mol. The van der Waals surface area contributed by atoms with Gasteiger partial charge < -0.3 is 15.0 Å². The molecule has 0 aliphatic heterocycles. The van der Waals surface area contributed by atoms with Crippen LogP contribution in [-0.2, 0) is 17.8 Å². The first-order chi connectivity index (χ1) is 12.0. The minimum atomic E-state index is 0.0309. The Bertz CT molecular complexity index is 687. The van der Waals surface area contributed by atoms with Crippen molar-refractivity contribution in [3.63, 3.8) is 0 Å². The predicted octanol–water partition coefficient (Wildman–Crippen LogP) is 4.21. The van der Waals surface area contributed by atoms with E-state index in [-0.39, 0.29) is 6.10 Å². The number of benzene rings is 1. The first-order valence-electron chi connectivity index (χ1n) is 8.24. The molecule has 1 aromatic carbocycles. The fraction of sp³-hybridized carbons (Fsp3) is 0.444. The first-order valence-corrected chi connectivity index (χ1v) is 9.91. The fourth-order valence-corrected chi connectivity index (χ4v) is 3.33. The third kappa shape index (κ3) is 6.09. The van der Waals surface area contributed by atoms with Gasteiger partial charge in [0.05, 0.1) is 18.8 Å². The van der Waals surface area contributed by atoms with Gasteiger partial charge in [0.2, 0.25) is 0 Å². The molecule has 1 N–H and O–H groups in total. The van der Waals surface area contributed by atoms with Crippen LogP contribution in [0.2, 0.25) is 0 Å². The number of thiazole rings is 1. The Labute approximate surface area is 162 Å². The maximum absolute atomic E-state index is 5.33. The molecule has 0 saturated carbocycles. The number of ether oxygens (including phenoxy) is 1. The van der Waals surface area contributed by atoms with Crippen molar-refractivity contribution in [2.75, 3.05) is 20.7 Å². The van der Waals surface area contributed by atoms with Gasteiger partial charge in [0, 0.05) is 30.6 Å². The largest absolute Gasteiger partial charge is 0.375 e. The van der Waals surface area contributed by atoms with Gasteiger partial charge >= 0.3 is 0 Å². The number of guanidine groups is 1. The molecule has 0 aliphatic rings. The second-order valence-corrected chi connectivity index (χ2v) is 7.51. The number of aliphatic imine (C=N–C) groups is 1. The lowest BCUT2D eigenvalue weighted by molar-refractivity contribution is 0.119. The van der Waals surface area contributed by atoms with Crippen LogP contribution in [-0.4, -0.2) is 36.5 Å². The number of nitrogens with zero attached hydrogens (tertiary/aromatic N) is 3. The molecule has 1 unspecified atom stereocenters. The van der Waals surface area contributed by atoms with Crippen LogP contribution in [0, 0.1) is 0 Å². The van der Waals surface area contributed by atoms with Gasteiger partial charge in [-0.25, -0.2) is 9.98 Å². The van der Waals surface area contributed by atoms with E-state index in [1.165, 1.54) is 5.56 Å². The summed E-state index contributed by atoms with van der Waals surface area (Å²) in [4.78, 5) is 11.5. The van der Waals surface area contributed by atoms with Crippen molar-refractivity contribution in [2.24, 2.45) is 4.99 Å². The van der Waals surface area contributed by atoms with Crippen LogP contribution in [0.1, 0.15) is 36.2 Å². The molecule has 0 bridgehead atoms. The van der Waals surface area contributed by atoms with E-state index in [1.807, 2.05) is 26.1 Å². The van der Waals surface area contributed by atoms with Crippen molar-refractivity contribution in [1.82, 2.24) is 15.2 Å². The van der Waals surface area contributed by atoms with E-state index in [2.05, 4.69) is 55.6 Å². The van der Waals surface area contributed by atoms with Gasteiger partial charge in [-0.3, -0.25) is 0 Å². The standard InChI is InChI=1S/C18H25BrN4OS/c1-5-20-18(21-10-14-6-8-15(19)9-7-14)23(3)11-16-12-25-17(22-16)13(2)24-4/h6-9,12-13H,5,10-11H2,1-4H3,(H,20,21). The van der Waals surface area contributed by atoms with Crippen LogP contribution in [0.5, 0.6) is 0 Å². The Morgan fingerprint density at radius 3 is 2.76 bits per heavy atom. The highest BCUT2D eigenvalue weighted by Gasteiger charge is 2.12. The number of methoxy groups -OCH3 is 1. The molecule has 2 rings (SSSR count). The number of hydrogen-bond donors (Lipinski definition) is 1. The quantitative estimate of drug-likeness (QED) is 0.534. The maximum Gasteiger partial charge on any atom is 0.194 e. The molecule has 5 nitrogen and oxygen atoms in total. The van der Waals surface area contributed by atoms with Crippen molar-refractivity contribution in [3.8, 4) is 0 Å². The van der Waals surface area contributed by atoms with E-state index in [0.717, 1.165) is 27.7 Å². The van der Waals surface area contributed by atoms with Crippen LogP contribution in [0.3, 0.4) is 0 Å². The van der Waals surface area contributed by atoms with Crippen molar-refractivity contribution in [1.29, 1.82) is 0 Å². The summed E-state index contributed by atoms with van der Waals surface area (Å²) in [7, 11) is 3.73. The zero-order valence-electron chi connectivity index (χ0n) is 15.1. The van der Waals surface area contributed by atoms with Gasteiger partial charge in [-0.1, -0.05) is 28.1 Å². The molecule has 1 heterocycles. The molecule has 0 amide bonds. The number of halogens is 1. The Kier molecular flexibility index (Phi) is 7.87. The summed E-state index contributed by atoms with van der Waals surface area (Å²) in [5.41, 5.74) is 2.21. The molecule has 136 valence electrons. The van der Waals surface area contributed by atoms with Gasteiger partial charge in [-0.2, -0.15) is 0 Å². The summed E-state index contributed by atoms with van der Waals surface area (Å²) < 4.78 is 6.41. The normalized spacial score (nSPS) is 12.9. The summed E-state index contributed by atoms with van der Waals surface area (Å²) in [5, 5.41) is 6.43. The number of rotatable bonds is 7. The van der Waals surface area contributed by atoms with Gasteiger partial charge in [0.1, 0.15) is 11.1 Å². The molecule has 0 saturated heterocycles. The third-order valence-corrected chi connectivity index (χ3v) is 5.27. The summed E-state index contributed by atoms with van der Waals surface area (Å²) in [6.45, 7) is 6.26. The van der Waals surface area contributed by atoms with Gasteiger partial charge in [-0.15, -0.1) is 11.3 Å². The molecular weight excluding hydrogens is 400 g/mol. The second-order valence-electron chi connectivity index (χ2n) is 5.71. The molecule has 1 atom stereocenters. The molecule has 0 radical (unpaired) electrons. The van der Waals surface area contributed by atoms with Gasteiger partial charge in [0.25, 0.3) is 0 Å². The van der Waals surface area contributed by atoms with E-state index in [0.29, 0.717) is 13.1 Å². The Morgan fingerprint density at radius 2 is 2.12 bits per heavy atom. The molecule has 0 spiro atoms. The summed E-state index contributed by atoms with van der Waals surface area (Å²) in [5.74, 6) is 0.875. The lowest BCUT2D eigenvalue weighted by Crippen LogP contribution is -2.38. The second kappa shape index (κ2) is 9.89. The van der Waals surface area contributed by atoms with E-state index >= 15 is 0 Å². The first kappa shape index (κ1) is 19.9. The van der Waals surface area contributed by atoms with Crippen molar-refractivity contribution >= 4 is 33.2 Å². The van der Waals surface area contributed by atoms with Crippen molar-refractivity contribution in [3.05, 3.63) is 50.4 Å². The zero-order valence-corrected chi connectivity index (χ0v) is 17.5. The van der Waals surface area contributed by atoms with E-state index in [4.69, 9.17) is 9.73 Å². The molecule has 0 fully saturated rings. The van der Waals surface area contributed by atoms with E-state index in [9.17, 15) is 0 Å². The Hall–Kier alpha value is -1.44. The molecule has 2 aromatic rings. The third-order valence-electron chi connectivity index (χ3n) is 3.69. The fourth-order valence-electron chi connectivity index (χ4n) is 2.23. The molecule has 7 heteroatoms. The molecule has 25 heavy (non-hydrogen) atoms. The smallest absolute Gasteiger partial charge is 0.194 e. The topological polar surface area (TPSA) is 49.8 Å². The lowest BCUT2D eigenvalue weighted by atomic mass is 10.2. The molecule has 0 aliphatic carbocycles. The van der Waals surface area contributed by atoms with Crippen LogP contribution in [0.15, 0.2) is 39.1 Å². The number of nitrogens with one attached hydrogen (secondary N) is 1. The highest BCUT2D eigenvalue weighted by Crippen LogP contribution is 2.21. The number of hydrogen-bond acceptors (Lipinski definition) is 4. The van der Waals surface area contributed by atoms with Crippen molar-refractivity contribution in [2.45, 2.75) is 33.0 Å². The van der Waals surface area contributed by atoms with E-state index in [1.54, 1.807) is 18.4 Å². The average Bonchev–Trinajstić information content (AvgIpc) is 3.07. The SMILES string of the molecule is CCNC(=NCc1ccc(Br)cc1)N(C)Cc1csc(C(C)OC)n1.